The quantitative estimate of drug-likeness (QED) is 0.817. The first-order valence-corrected chi connectivity index (χ1v) is 6.70. The van der Waals surface area contributed by atoms with E-state index in [1.54, 1.807) is 6.07 Å². The van der Waals surface area contributed by atoms with Crippen LogP contribution in [0.1, 0.15) is 34.3 Å². The zero-order valence-corrected chi connectivity index (χ0v) is 11.5. The molecule has 0 aromatic carbocycles. The molecule has 1 rings (SSSR count). The van der Waals surface area contributed by atoms with Gasteiger partial charge in [0.05, 0.1) is 11.4 Å². The number of aryl methyl sites for hydroxylation is 1. The smallest absolute Gasteiger partial charge is 0.264 e. The highest BCUT2D eigenvalue weighted by molar-refractivity contribution is 7.14. The van der Waals surface area contributed by atoms with Gasteiger partial charge in [-0.05, 0) is 19.4 Å². The summed E-state index contributed by atoms with van der Waals surface area (Å²) in [6.45, 7) is 4.38. The van der Waals surface area contributed by atoms with Gasteiger partial charge in [0.25, 0.3) is 5.91 Å². The monoisotopic (exact) mass is 269 g/mol. The van der Waals surface area contributed by atoms with Gasteiger partial charge in [0.1, 0.15) is 0 Å². The third-order valence-corrected chi connectivity index (χ3v) is 3.64. The molecule has 0 radical (unpaired) electrons. The molecule has 0 aliphatic heterocycles. The van der Waals surface area contributed by atoms with Crippen LogP contribution in [0.3, 0.4) is 0 Å². The molecular formula is C12H19N3O2S. The molecule has 18 heavy (non-hydrogen) atoms. The number of rotatable bonds is 6. The number of primary amides is 1. The van der Waals surface area contributed by atoms with Gasteiger partial charge in [0.2, 0.25) is 5.91 Å². The summed E-state index contributed by atoms with van der Waals surface area (Å²) in [5, 5.41) is 0. The molecular weight excluding hydrogens is 250 g/mol. The van der Waals surface area contributed by atoms with Crippen LogP contribution in [-0.2, 0) is 4.79 Å². The highest BCUT2D eigenvalue weighted by Gasteiger charge is 2.19. The van der Waals surface area contributed by atoms with Gasteiger partial charge in [-0.25, -0.2) is 0 Å². The molecule has 0 saturated heterocycles. The highest BCUT2D eigenvalue weighted by atomic mass is 32.1. The standard InChI is InChI=1S/C12H19N3O2S/c1-3-4-5-15(7-11(14)16)12(17)10-6-9(13)8(2)18-10/h6H,3-5,7,13H2,1-2H3,(H2,14,16). The van der Waals surface area contributed by atoms with E-state index in [0.717, 1.165) is 17.7 Å². The maximum Gasteiger partial charge on any atom is 0.264 e. The predicted octanol–water partition coefficient (Wildman–Crippen LogP) is 1.37. The van der Waals surface area contributed by atoms with Crippen LogP contribution in [-0.4, -0.2) is 29.8 Å². The van der Waals surface area contributed by atoms with E-state index in [0.29, 0.717) is 17.1 Å². The molecule has 0 bridgehead atoms. The fourth-order valence-electron chi connectivity index (χ4n) is 1.55. The molecule has 6 heteroatoms. The molecule has 0 fully saturated rings. The minimum Gasteiger partial charge on any atom is -0.398 e. The Bertz CT molecular complexity index is 423. The van der Waals surface area contributed by atoms with Crippen molar-refractivity contribution in [2.45, 2.75) is 26.7 Å². The Labute approximate surface area is 111 Å². The predicted molar refractivity (Wildman–Crippen MR) is 73.5 cm³/mol. The second-order valence-electron chi connectivity index (χ2n) is 4.17. The fourth-order valence-corrected chi connectivity index (χ4v) is 2.46. The summed E-state index contributed by atoms with van der Waals surface area (Å²) >= 11 is 1.34. The SMILES string of the molecule is CCCCN(CC(N)=O)C(=O)c1cc(N)c(C)s1. The Morgan fingerprint density at radius 2 is 2.11 bits per heavy atom. The van der Waals surface area contributed by atoms with E-state index in [4.69, 9.17) is 11.5 Å². The zero-order valence-electron chi connectivity index (χ0n) is 10.7. The van der Waals surface area contributed by atoms with E-state index in [9.17, 15) is 9.59 Å². The third kappa shape index (κ3) is 3.73. The van der Waals surface area contributed by atoms with Crippen molar-refractivity contribution in [1.82, 2.24) is 4.90 Å². The van der Waals surface area contributed by atoms with Crippen molar-refractivity contribution in [3.8, 4) is 0 Å². The Balaban J connectivity index is 2.83. The number of hydrogen-bond donors (Lipinski definition) is 2. The first-order chi connectivity index (χ1) is 8.45. The molecule has 1 aromatic heterocycles. The molecule has 0 aliphatic carbocycles. The number of nitrogens with zero attached hydrogens (tertiary/aromatic N) is 1. The lowest BCUT2D eigenvalue weighted by Gasteiger charge is -2.20. The lowest BCUT2D eigenvalue weighted by atomic mass is 10.3. The lowest BCUT2D eigenvalue weighted by molar-refractivity contribution is -0.118. The molecule has 100 valence electrons. The molecule has 0 saturated carbocycles. The molecule has 0 atom stereocenters. The van der Waals surface area contributed by atoms with Crippen LogP contribution in [0.4, 0.5) is 5.69 Å². The van der Waals surface area contributed by atoms with Gasteiger partial charge in [-0.2, -0.15) is 0 Å². The lowest BCUT2D eigenvalue weighted by Crippen LogP contribution is -2.38. The van der Waals surface area contributed by atoms with E-state index in [1.807, 2.05) is 13.8 Å². The van der Waals surface area contributed by atoms with E-state index in [-0.39, 0.29) is 12.5 Å². The molecule has 0 aliphatic rings. The van der Waals surface area contributed by atoms with Crippen LogP contribution < -0.4 is 11.5 Å². The third-order valence-electron chi connectivity index (χ3n) is 2.58. The maximum absolute atomic E-state index is 12.2. The Kier molecular flexibility index (Phi) is 5.15. The number of unbranched alkanes of at least 4 members (excludes halogenated alkanes) is 1. The minimum absolute atomic E-state index is 0.0459. The van der Waals surface area contributed by atoms with Gasteiger partial charge in [0, 0.05) is 17.1 Å². The summed E-state index contributed by atoms with van der Waals surface area (Å²) in [6.07, 6.45) is 1.80. The summed E-state index contributed by atoms with van der Waals surface area (Å²) in [5.41, 5.74) is 11.5. The van der Waals surface area contributed by atoms with Gasteiger partial charge in [0.15, 0.2) is 0 Å². The average Bonchev–Trinajstić information content (AvgIpc) is 2.63. The number of nitrogens with two attached hydrogens (primary N) is 2. The van der Waals surface area contributed by atoms with Crippen LogP contribution in [0.15, 0.2) is 6.07 Å². The summed E-state index contributed by atoms with van der Waals surface area (Å²) in [7, 11) is 0. The molecule has 0 spiro atoms. The Hall–Kier alpha value is -1.56. The van der Waals surface area contributed by atoms with Crippen molar-refractivity contribution in [3.63, 3.8) is 0 Å². The molecule has 5 nitrogen and oxygen atoms in total. The number of anilines is 1. The summed E-state index contributed by atoms with van der Waals surface area (Å²) < 4.78 is 0. The van der Waals surface area contributed by atoms with Crippen molar-refractivity contribution in [3.05, 3.63) is 15.8 Å². The van der Waals surface area contributed by atoms with Crippen molar-refractivity contribution < 1.29 is 9.59 Å². The molecule has 0 unspecified atom stereocenters. The maximum atomic E-state index is 12.2. The number of hydrogen-bond acceptors (Lipinski definition) is 4. The zero-order chi connectivity index (χ0) is 13.7. The number of nitrogen functional groups attached to an aromatic ring is 1. The van der Waals surface area contributed by atoms with Gasteiger partial charge in [-0.3, -0.25) is 9.59 Å². The molecule has 4 N–H and O–H groups in total. The first kappa shape index (κ1) is 14.5. The topological polar surface area (TPSA) is 89.4 Å². The molecule has 2 amide bonds. The minimum atomic E-state index is -0.499. The Morgan fingerprint density at radius 1 is 1.44 bits per heavy atom. The van der Waals surface area contributed by atoms with E-state index in [1.165, 1.54) is 16.2 Å². The largest absolute Gasteiger partial charge is 0.398 e. The molecule has 1 heterocycles. The second-order valence-corrected chi connectivity index (χ2v) is 5.43. The van der Waals surface area contributed by atoms with Gasteiger partial charge in [-0.1, -0.05) is 13.3 Å². The summed E-state index contributed by atoms with van der Waals surface area (Å²) in [4.78, 5) is 26.2. The normalized spacial score (nSPS) is 10.3. The van der Waals surface area contributed by atoms with Crippen LogP contribution in [0.2, 0.25) is 0 Å². The summed E-state index contributed by atoms with van der Waals surface area (Å²) in [5.74, 6) is -0.673. The van der Waals surface area contributed by atoms with Crippen LogP contribution >= 0.6 is 11.3 Å². The second kappa shape index (κ2) is 6.39. The van der Waals surface area contributed by atoms with Crippen molar-refractivity contribution in [2.75, 3.05) is 18.8 Å². The first-order valence-electron chi connectivity index (χ1n) is 5.89. The molecule has 1 aromatic rings. The van der Waals surface area contributed by atoms with Crippen LogP contribution in [0.25, 0.3) is 0 Å². The number of carbonyl (C=O) groups is 2. The number of amides is 2. The average molecular weight is 269 g/mol. The van der Waals surface area contributed by atoms with Crippen molar-refractivity contribution >= 4 is 28.8 Å². The number of thiophene rings is 1. The van der Waals surface area contributed by atoms with Crippen molar-refractivity contribution in [2.24, 2.45) is 5.73 Å². The van der Waals surface area contributed by atoms with E-state index < -0.39 is 5.91 Å². The highest BCUT2D eigenvalue weighted by Crippen LogP contribution is 2.24. The van der Waals surface area contributed by atoms with Gasteiger partial charge >= 0.3 is 0 Å². The van der Waals surface area contributed by atoms with E-state index >= 15 is 0 Å². The van der Waals surface area contributed by atoms with Crippen molar-refractivity contribution in [1.29, 1.82) is 0 Å². The van der Waals surface area contributed by atoms with Gasteiger partial charge in [-0.15, -0.1) is 11.3 Å². The Morgan fingerprint density at radius 3 is 2.56 bits per heavy atom. The van der Waals surface area contributed by atoms with Crippen LogP contribution in [0.5, 0.6) is 0 Å². The summed E-state index contributed by atoms with van der Waals surface area (Å²) in [6, 6.07) is 1.66. The fraction of sp³-hybridized carbons (Fsp3) is 0.500. The van der Waals surface area contributed by atoms with Gasteiger partial charge < -0.3 is 16.4 Å². The van der Waals surface area contributed by atoms with E-state index in [2.05, 4.69) is 0 Å². The van der Waals surface area contributed by atoms with Crippen LogP contribution in [0, 0.1) is 6.92 Å². The number of carbonyl (C=O) groups excluding carboxylic acids is 2.